The van der Waals surface area contributed by atoms with Gasteiger partial charge in [0, 0.05) is 25.3 Å². The molecule has 0 radical (unpaired) electrons. The molecule has 0 atom stereocenters. The van der Waals surface area contributed by atoms with Crippen LogP contribution < -0.4 is 11.2 Å². The predicted octanol–water partition coefficient (Wildman–Crippen LogP) is 3.06. The standard InChI is InChI=1S/C22H18ClN5O2/c1-25-19-18(20(29)26(2)22(25)30)28-13-17(15-6-4-3-5-7-15)27(21(28)24-19)12-14-8-10-16(23)11-9-14/h3-11,13H,12H2,1-2H3. The van der Waals surface area contributed by atoms with Gasteiger partial charge in [0.2, 0.25) is 5.78 Å². The molecule has 2 aromatic carbocycles. The van der Waals surface area contributed by atoms with E-state index in [0.717, 1.165) is 21.4 Å². The number of hydrogen-bond acceptors (Lipinski definition) is 3. The Morgan fingerprint density at radius 3 is 2.33 bits per heavy atom. The molecule has 0 N–H and O–H groups in total. The van der Waals surface area contributed by atoms with Crippen molar-refractivity contribution < 1.29 is 0 Å². The van der Waals surface area contributed by atoms with E-state index in [1.165, 1.54) is 11.6 Å². The minimum absolute atomic E-state index is 0.363. The van der Waals surface area contributed by atoms with Gasteiger partial charge in [0.1, 0.15) is 0 Å². The molecule has 3 aromatic heterocycles. The van der Waals surface area contributed by atoms with Gasteiger partial charge in [-0.3, -0.25) is 18.3 Å². The summed E-state index contributed by atoms with van der Waals surface area (Å²) in [7, 11) is 3.10. The quantitative estimate of drug-likeness (QED) is 0.451. The Balaban J connectivity index is 1.85. The third kappa shape index (κ3) is 2.70. The molecule has 0 aliphatic carbocycles. The normalized spacial score (nSPS) is 11.6. The summed E-state index contributed by atoms with van der Waals surface area (Å²) in [5.41, 5.74) is 2.94. The van der Waals surface area contributed by atoms with E-state index < -0.39 is 5.69 Å². The lowest BCUT2D eigenvalue weighted by Crippen LogP contribution is -2.37. The number of rotatable bonds is 3. The highest BCUT2D eigenvalue weighted by molar-refractivity contribution is 6.30. The van der Waals surface area contributed by atoms with Crippen LogP contribution in [-0.4, -0.2) is 23.1 Å². The second-order valence-electron chi connectivity index (χ2n) is 7.25. The summed E-state index contributed by atoms with van der Waals surface area (Å²) in [4.78, 5) is 29.9. The van der Waals surface area contributed by atoms with E-state index in [-0.39, 0.29) is 5.56 Å². The monoisotopic (exact) mass is 419 g/mol. The van der Waals surface area contributed by atoms with E-state index in [1.54, 1.807) is 11.4 Å². The number of hydrogen-bond donors (Lipinski definition) is 0. The van der Waals surface area contributed by atoms with Gasteiger partial charge in [-0.05, 0) is 23.3 Å². The average Bonchev–Trinajstić information content (AvgIpc) is 3.30. The maximum absolute atomic E-state index is 12.9. The third-order valence-corrected chi connectivity index (χ3v) is 5.63. The van der Waals surface area contributed by atoms with Gasteiger partial charge in [-0.25, -0.2) is 4.79 Å². The number of benzene rings is 2. The van der Waals surface area contributed by atoms with Gasteiger partial charge < -0.3 is 4.57 Å². The molecule has 5 rings (SSSR count). The molecule has 0 saturated carbocycles. The lowest BCUT2D eigenvalue weighted by molar-refractivity contribution is 0.707. The number of fused-ring (bicyclic) bond motifs is 3. The number of halogens is 1. The van der Waals surface area contributed by atoms with Crippen LogP contribution in [0.5, 0.6) is 0 Å². The maximum Gasteiger partial charge on any atom is 0.332 e. The number of imidazole rings is 2. The first-order chi connectivity index (χ1) is 14.5. The predicted molar refractivity (Wildman–Crippen MR) is 117 cm³/mol. The zero-order chi connectivity index (χ0) is 21.0. The average molecular weight is 420 g/mol. The van der Waals surface area contributed by atoms with Crippen molar-refractivity contribution in [2.45, 2.75) is 6.54 Å². The maximum atomic E-state index is 12.9. The van der Waals surface area contributed by atoms with Crippen LogP contribution in [0.4, 0.5) is 0 Å². The summed E-state index contributed by atoms with van der Waals surface area (Å²) >= 11 is 6.04. The minimum atomic E-state index is -0.402. The summed E-state index contributed by atoms with van der Waals surface area (Å²) in [5.74, 6) is 0.595. The summed E-state index contributed by atoms with van der Waals surface area (Å²) in [6, 6.07) is 17.6. The SMILES string of the molecule is Cn1c(=O)c2c(nc3n(Cc4ccc(Cl)cc4)c(-c4ccccc4)cn23)n(C)c1=O. The van der Waals surface area contributed by atoms with Crippen molar-refractivity contribution in [3.63, 3.8) is 0 Å². The van der Waals surface area contributed by atoms with Crippen molar-refractivity contribution in [2.24, 2.45) is 14.1 Å². The minimum Gasteiger partial charge on any atom is -0.305 e. The molecule has 0 spiro atoms. The van der Waals surface area contributed by atoms with Gasteiger partial charge in [0.15, 0.2) is 11.2 Å². The molecule has 0 bridgehead atoms. The molecule has 7 nitrogen and oxygen atoms in total. The number of nitrogens with zero attached hydrogens (tertiary/aromatic N) is 5. The van der Waals surface area contributed by atoms with E-state index in [1.807, 2.05) is 65.4 Å². The first kappa shape index (κ1) is 18.4. The van der Waals surface area contributed by atoms with E-state index in [0.29, 0.717) is 28.5 Å². The van der Waals surface area contributed by atoms with Crippen molar-refractivity contribution >= 4 is 28.5 Å². The molecular weight excluding hydrogens is 402 g/mol. The Labute approximate surface area is 176 Å². The van der Waals surface area contributed by atoms with Crippen molar-refractivity contribution in [2.75, 3.05) is 0 Å². The van der Waals surface area contributed by atoms with E-state index >= 15 is 0 Å². The van der Waals surface area contributed by atoms with Crippen molar-refractivity contribution in [3.8, 4) is 11.3 Å². The Kier molecular flexibility index (Phi) is 4.15. The van der Waals surface area contributed by atoms with Gasteiger partial charge in [0.05, 0.1) is 12.2 Å². The summed E-state index contributed by atoms with van der Waals surface area (Å²) in [6.07, 6.45) is 1.90. The topological polar surface area (TPSA) is 66.2 Å². The van der Waals surface area contributed by atoms with Gasteiger partial charge in [-0.15, -0.1) is 0 Å². The van der Waals surface area contributed by atoms with Crippen LogP contribution in [0.15, 0.2) is 70.4 Å². The zero-order valence-corrected chi connectivity index (χ0v) is 17.2. The Hall–Kier alpha value is -3.58. The van der Waals surface area contributed by atoms with Crippen LogP contribution in [-0.2, 0) is 20.6 Å². The van der Waals surface area contributed by atoms with Gasteiger partial charge in [-0.2, -0.15) is 4.98 Å². The molecule has 0 saturated heterocycles. The highest BCUT2D eigenvalue weighted by Gasteiger charge is 2.20. The molecule has 150 valence electrons. The van der Waals surface area contributed by atoms with Crippen molar-refractivity contribution in [3.05, 3.63) is 92.2 Å². The van der Waals surface area contributed by atoms with Crippen LogP contribution in [0.25, 0.3) is 28.2 Å². The number of aromatic nitrogens is 5. The van der Waals surface area contributed by atoms with Crippen LogP contribution in [0.1, 0.15) is 5.56 Å². The zero-order valence-electron chi connectivity index (χ0n) is 16.4. The highest BCUT2D eigenvalue weighted by atomic mass is 35.5. The molecular formula is C22H18ClN5O2. The highest BCUT2D eigenvalue weighted by Crippen LogP contribution is 2.26. The van der Waals surface area contributed by atoms with Crippen LogP contribution in [0.3, 0.4) is 0 Å². The lowest BCUT2D eigenvalue weighted by Gasteiger charge is -2.09. The summed E-state index contributed by atoms with van der Waals surface area (Å²) in [5, 5.41) is 0.671. The smallest absolute Gasteiger partial charge is 0.305 e. The molecule has 3 heterocycles. The Morgan fingerprint density at radius 2 is 1.63 bits per heavy atom. The van der Waals surface area contributed by atoms with Gasteiger partial charge >= 0.3 is 5.69 Å². The molecule has 8 heteroatoms. The van der Waals surface area contributed by atoms with Gasteiger partial charge in [0.25, 0.3) is 5.56 Å². The van der Waals surface area contributed by atoms with Crippen LogP contribution in [0.2, 0.25) is 5.02 Å². The first-order valence-corrected chi connectivity index (χ1v) is 9.80. The molecule has 30 heavy (non-hydrogen) atoms. The Bertz CT molecular complexity index is 1520. The first-order valence-electron chi connectivity index (χ1n) is 9.43. The second-order valence-corrected chi connectivity index (χ2v) is 7.69. The van der Waals surface area contributed by atoms with Crippen molar-refractivity contribution in [1.29, 1.82) is 0 Å². The summed E-state index contributed by atoms with van der Waals surface area (Å²) in [6.45, 7) is 0.537. The molecule has 0 aliphatic rings. The molecule has 5 aromatic rings. The second kappa shape index (κ2) is 6.74. The fraction of sp³-hybridized carbons (Fsp3) is 0.136. The molecule has 0 amide bonds. The Morgan fingerprint density at radius 1 is 0.933 bits per heavy atom. The largest absolute Gasteiger partial charge is 0.332 e. The number of aryl methyl sites for hydroxylation is 1. The fourth-order valence-corrected chi connectivity index (χ4v) is 3.91. The van der Waals surface area contributed by atoms with E-state index in [2.05, 4.69) is 4.98 Å². The van der Waals surface area contributed by atoms with E-state index in [4.69, 9.17) is 11.6 Å². The van der Waals surface area contributed by atoms with Gasteiger partial charge in [-0.1, -0.05) is 54.1 Å². The van der Waals surface area contributed by atoms with Crippen molar-refractivity contribution in [1.82, 2.24) is 23.1 Å². The van der Waals surface area contributed by atoms with Crippen LogP contribution in [0, 0.1) is 0 Å². The lowest BCUT2D eigenvalue weighted by atomic mass is 10.1. The van der Waals surface area contributed by atoms with E-state index in [9.17, 15) is 9.59 Å². The van der Waals surface area contributed by atoms with Crippen LogP contribution >= 0.6 is 11.6 Å². The third-order valence-electron chi connectivity index (χ3n) is 5.38. The molecule has 0 fully saturated rings. The summed E-state index contributed by atoms with van der Waals surface area (Å²) < 4.78 is 6.32. The molecule has 0 unspecified atom stereocenters. The molecule has 0 aliphatic heterocycles. The fourth-order valence-electron chi connectivity index (χ4n) is 3.78.